The van der Waals surface area contributed by atoms with Crippen molar-refractivity contribution < 1.29 is 0 Å². The molecule has 0 saturated heterocycles. The van der Waals surface area contributed by atoms with Gasteiger partial charge in [0.15, 0.2) is 5.15 Å². The van der Waals surface area contributed by atoms with Crippen LogP contribution in [0.2, 0.25) is 5.15 Å². The van der Waals surface area contributed by atoms with E-state index in [1.165, 1.54) is 0 Å². The Bertz CT molecular complexity index is 459. The lowest BCUT2D eigenvalue weighted by atomic mass is 10.1. The lowest BCUT2D eigenvalue weighted by Gasteiger charge is -2.00. The Morgan fingerprint density at radius 3 is 1.65 bits per heavy atom. The van der Waals surface area contributed by atoms with Crippen LogP contribution in [0.1, 0.15) is 50.9 Å². The molecule has 6 heteroatoms. The van der Waals surface area contributed by atoms with Crippen molar-refractivity contribution in [1.29, 1.82) is 0 Å². The van der Waals surface area contributed by atoms with E-state index in [9.17, 15) is 0 Å². The quantitative estimate of drug-likeness (QED) is 0.917. The largest absolute Gasteiger partial charge is 0.382 e. The van der Waals surface area contributed by atoms with Crippen LogP contribution >= 0.6 is 11.6 Å². The van der Waals surface area contributed by atoms with Crippen LogP contribution < -0.4 is 5.73 Å². The third-order valence-electron chi connectivity index (χ3n) is 2.54. The highest BCUT2D eigenvalue weighted by Gasteiger charge is 1.99. The average Bonchev–Trinajstić information content (AvgIpc) is 2.40. The Morgan fingerprint density at radius 2 is 1.30 bits per heavy atom. The summed E-state index contributed by atoms with van der Waals surface area (Å²) in [6.07, 6.45) is 0. The molecule has 0 radical (unpaired) electrons. The standard InChI is InChI=1S/C7H9ClN2.C7H11N3/c2*1-5(2)6-3-4-7(8)10-9-6/h3-5H,1-2H3;3-5H,1-2H3,(H2,8,10). The van der Waals surface area contributed by atoms with Crippen molar-refractivity contribution in [2.75, 3.05) is 5.73 Å². The first-order chi connectivity index (χ1) is 9.40. The number of aromatic nitrogens is 4. The molecule has 0 fully saturated rings. The maximum atomic E-state index is 5.54. The minimum atomic E-state index is 0.421. The van der Waals surface area contributed by atoms with Crippen LogP contribution in [0.15, 0.2) is 24.3 Å². The van der Waals surface area contributed by atoms with Crippen molar-refractivity contribution in [2.45, 2.75) is 39.5 Å². The Kier molecular flexibility index (Phi) is 6.31. The molecule has 0 aliphatic rings. The number of hydrogen-bond donors (Lipinski definition) is 1. The minimum Gasteiger partial charge on any atom is -0.382 e. The van der Waals surface area contributed by atoms with E-state index in [1.807, 2.05) is 12.1 Å². The number of nitrogens with zero attached hydrogens (tertiary/aromatic N) is 4. The van der Waals surface area contributed by atoms with Gasteiger partial charge in [0.05, 0.1) is 11.4 Å². The molecule has 2 N–H and O–H groups in total. The van der Waals surface area contributed by atoms with Crippen LogP contribution in [0.25, 0.3) is 0 Å². The van der Waals surface area contributed by atoms with E-state index in [-0.39, 0.29) is 0 Å². The second kappa shape index (κ2) is 7.75. The molecule has 0 bridgehead atoms. The normalized spacial score (nSPS) is 10.3. The van der Waals surface area contributed by atoms with Gasteiger partial charge in [0.1, 0.15) is 5.82 Å². The Balaban J connectivity index is 0.000000200. The molecular formula is C14H20ClN5. The van der Waals surface area contributed by atoms with E-state index in [0.717, 1.165) is 11.4 Å². The fourth-order valence-electron chi connectivity index (χ4n) is 1.30. The maximum Gasteiger partial charge on any atom is 0.151 e. The fourth-order valence-corrected chi connectivity index (χ4v) is 1.40. The van der Waals surface area contributed by atoms with Gasteiger partial charge in [0.2, 0.25) is 0 Å². The average molecular weight is 294 g/mol. The molecule has 5 nitrogen and oxygen atoms in total. The van der Waals surface area contributed by atoms with E-state index < -0.39 is 0 Å². The summed E-state index contributed by atoms with van der Waals surface area (Å²) in [5.74, 6) is 1.32. The lowest BCUT2D eigenvalue weighted by Crippen LogP contribution is -1.97. The molecule has 2 heterocycles. The summed E-state index contributed by atoms with van der Waals surface area (Å²) in [6, 6.07) is 7.30. The van der Waals surface area contributed by atoms with Gasteiger partial charge < -0.3 is 5.73 Å². The van der Waals surface area contributed by atoms with E-state index in [4.69, 9.17) is 17.3 Å². The van der Waals surface area contributed by atoms with Crippen LogP contribution in [-0.2, 0) is 0 Å². The predicted octanol–water partition coefficient (Wildman–Crippen LogP) is 3.44. The highest BCUT2D eigenvalue weighted by Crippen LogP contribution is 2.11. The molecular weight excluding hydrogens is 274 g/mol. The summed E-state index contributed by atoms with van der Waals surface area (Å²) >= 11 is 5.54. The third-order valence-corrected chi connectivity index (χ3v) is 2.74. The third kappa shape index (κ3) is 5.48. The number of rotatable bonds is 2. The summed E-state index contributed by atoms with van der Waals surface area (Å²) in [5.41, 5.74) is 7.31. The molecule has 0 amide bonds. The van der Waals surface area contributed by atoms with Gasteiger partial charge in [-0.25, -0.2) is 0 Å². The number of nitrogen functional groups attached to an aromatic ring is 1. The number of anilines is 1. The monoisotopic (exact) mass is 293 g/mol. The van der Waals surface area contributed by atoms with E-state index in [2.05, 4.69) is 48.1 Å². The summed E-state index contributed by atoms with van der Waals surface area (Å²) in [7, 11) is 0. The van der Waals surface area contributed by atoms with Gasteiger partial charge in [0, 0.05) is 0 Å². The lowest BCUT2D eigenvalue weighted by molar-refractivity contribution is 0.785. The van der Waals surface area contributed by atoms with Crippen LogP contribution in [0.4, 0.5) is 5.82 Å². The van der Waals surface area contributed by atoms with Crippen LogP contribution in [0.3, 0.4) is 0 Å². The Labute approximate surface area is 124 Å². The van der Waals surface area contributed by atoms with Gasteiger partial charge in [-0.1, -0.05) is 39.3 Å². The molecule has 2 rings (SSSR count). The molecule has 108 valence electrons. The predicted molar refractivity (Wildman–Crippen MR) is 81.7 cm³/mol. The van der Waals surface area contributed by atoms with Crippen molar-refractivity contribution in [2.24, 2.45) is 0 Å². The molecule has 0 atom stereocenters. The SMILES string of the molecule is CC(C)c1ccc(Cl)nn1.CC(C)c1ccc(N)nn1. The van der Waals surface area contributed by atoms with Crippen LogP contribution in [0, 0.1) is 0 Å². The molecule has 2 aromatic rings. The Morgan fingerprint density at radius 1 is 0.800 bits per heavy atom. The fraction of sp³-hybridized carbons (Fsp3) is 0.429. The van der Waals surface area contributed by atoms with E-state index in [0.29, 0.717) is 22.8 Å². The maximum absolute atomic E-state index is 5.54. The topological polar surface area (TPSA) is 77.6 Å². The molecule has 0 aliphatic heterocycles. The minimum absolute atomic E-state index is 0.421. The van der Waals surface area contributed by atoms with Crippen molar-refractivity contribution in [3.63, 3.8) is 0 Å². The van der Waals surface area contributed by atoms with Gasteiger partial charge in [-0.2, -0.15) is 10.2 Å². The molecule has 0 saturated carbocycles. The first kappa shape index (κ1) is 16.3. The molecule has 0 spiro atoms. The number of halogens is 1. The number of nitrogens with two attached hydrogens (primary N) is 1. The van der Waals surface area contributed by atoms with Crippen molar-refractivity contribution in [1.82, 2.24) is 20.4 Å². The van der Waals surface area contributed by atoms with Gasteiger partial charge in [-0.05, 0) is 36.1 Å². The van der Waals surface area contributed by atoms with E-state index >= 15 is 0 Å². The first-order valence-electron chi connectivity index (χ1n) is 6.48. The zero-order chi connectivity index (χ0) is 15.1. The summed E-state index contributed by atoms with van der Waals surface area (Å²) in [6.45, 7) is 8.27. The zero-order valence-electron chi connectivity index (χ0n) is 12.2. The zero-order valence-corrected chi connectivity index (χ0v) is 13.0. The second-order valence-electron chi connectivity index (χ2n) is 4.97. The van der Waals surface area contributed by atoms with Gasteiger partial charge in [-0.15, -0.1) is 10.2 Å². The molecule has 20 heavy (non-hydrogen) atoms. The second-order valence-corrected chi connectivity index (χ2v) is 5.36. The van der Waals surface area contributed by atoms with Gasteiger partial charge >= 0.3 is 0 Å². The Hall–Kier alpha value is -1.75. The molecule has 0 unspecified atom stereocenters. The smallest absolute Gasteiger partial charge is 0.151 e. The van der Waals surface area contributed by atoms with Crippen molar-refractivity contribution in [3.05, 3.63) is 40.8 Å². The summed E-state index contributed by atoms with van der Waals surface area (Å²) in [5, 5.41) is 15.7. The molecule has 0 aliphatic carbocycles. The van der Waals surface area contributed by atoms with Crippen LogP contribution in [0.5, 0.6) is 0 Å². The first-order valence-corrected chi connectivity index (χ1v) is 6.86. The van der Waals surface area contributed by atoms with Gasteiger partial charge in [-0.3, -0.25) is 0 Å². The molecule has 0 aromatic carbocycles. The highest BCUT2D eigenvalue weighted by molar-refractivity contribution is 6.29. The molecule has 2 aromatic heterocycles. The van der Waals surface area contributed by atoms with Crippen molar-refractivity contribution in [3.8, 4) is 0 Å². The number of hydrogen-bond acceptors (Lipinski definition) is 5. The highest BCUT2D eigenvalue weighted by atomic mass is 35.5. The van der Waals surface area contributed by atoms with E-state index in [1.54, 1.807) is 12.1 Å². The van der Waals surface area contributed by atoms with Crippen molar-refractivity contribution >= 4 is 17.4 Å². The van der Waals surface area contributed by atoms with Gasteiger partial charge in [0.25, 0.3) is 0 Å². The summed E-state index contributed by atoms with van der Waals surface area (Å²) in [4.78, 5) is 0. The summed E-state index contributed by atoms with van der Waals surface area (Å²) < 4.78 is 0. The van der Waals surface area contributed by atoms with Crippen LogP contribution in [-0.4, -0.2) is 20.4 Å².